The minimum atomic E-state index is -3.69. The van der Waals surface area contributed by atoms with Gasteiger partial charge < -0.3 is 20.7 Å². The molecular weight excluding hydrogens is 446 g/mol. The Hall–Kier alpha value is -2.21. The molecule has 0 saturated carbocycles. The number of anilines is 2. The fourth-order valence-corrected chi connectivity index (χ4v) is 5.75. The lowest BCUT2D eigenvalue weighted by atomic mass is 9.96. The highest BCUT2D eigenvalue weighted by Gasteiger charge is 2.28. The third-order valence-electron chi connectivity index (χ3n) is 6.31. The molecule has 0 atom stereocenters. The Morgan fingerprint density at radius 2 is 1.76 bits per heavy atom. The van der Waals surface area contributed by atoms with Gasteiger partial charge in [0.15, 0.2) is 0 Å². The van der Waals surface area contributed by atoms with Gasteiger partial charge >= 0.3 is 0 Å². The maximum Gasteiger partial charge on any atom is 0.243 e. The van der Waals surface area contributed by atoms with Crippen LogP contribution in [0.25, 0.3) is 0 Å². The molecule has 10 nitrogen and oxygen atoms in total. The molecule has 2 heterocycles. The van der Waals surface area contributed by atoms with Crippen LogP contribution in [0.3, 0.4) is 0 Å². The number of primary amides is 1. The fourth-order valence-electron chi connectivity index (χ4n) is 4.32. The molecule has 3 N–H and O–H groups in total. The molecule has 33 heavy (non-hydrogen) atoms. The van der Waals surface area contributed by atoms with Crippen LogP contribution >= 0.6 is 0 Å². The van der Waals surface area contributed by atoms with Crippen molar-refractivity contribution < 1.29 is 22.7 Å². The van der Waals surface area contributed by atoms with E-state index in [0.29, 0.717) is 57.9 Å². The number of amides is 2. The Bertz CT molecular complexity index is 936. The molecule has 184 valence electrons. The van der Waals surface area contributed by atoms with Crippen molar-refractivity contribution in [2.24, 2.45) is 11.7 Å². The normalized spacial score (nSPS) is 18.7. The number of piperidine rings is 1. The fraction of sp³-hybridized carbons (Fsp3) is 0.636. The minimum Gasteiger partial charge on any atom is -0.379 e. The molecule has 2 aliphatic rings. The number of nitrogens with zero attached hydrogens (tertiary/aromatic N) is 3. The average Bonchev–Trinajstić information content (AvgIpc) is 2.81. The molecule has 11 heteroatoms. The van der Waals surface area contributed by atoms with Crippen LogP contribution in [0.4, 0.5) is 11.4 Å². The second kappa shape index (κ2) is 11.3. The van der Waals surface area contributed by atoms with Gasteiger partial charge in [0.25, 0.3) is 0 Å². The number of ether oxygens (including phenoxy) is 1. The van der Waals surface area contributed by atoms with E-state index in [-0.39, 0.29) is 29.2 Å². The van der Waals surface area contributed by atoms with Crippen molar-refractivity contribution in [3.8, 4) is 0 Å². The monoisotopic (exact) mass is 481 g/mol. The van der Waals surface area contributed by atoms with E-state index in [4.69, 9.17) is 10.5 Å². The summed E-state index contributed by atoms with van der Waals surface area (Å²) in [6, 6.07) is 4.91. The predicted molar refractivity (Wildman–Crippen MR) is 127 cm³/mol. The first kappa shape index (κ1) is 25.4. The van der Waals surface area contributed by atoms with Crippen molar-refractivity contribution >= 4 is 33.2 Å². The van der Waals surface area contributed by atoms with Crippen molar-refractivity contribution in [2.45, 2.75) is 31.6 Å². The molecule has 0 spiro atoms. The maximum absolute atomic E-state index is 13.1. The molecule has 0 bridgehead atoms. The Balaban J connectivity index is 1.78. The molecule has 2 aliphatic heterocycles. The minimum absolute atomic E-state index is 0.138. The zero-order valence-corrected chi connectivity index (χ0v) is 20.3. The quantitative estimate of drug-likeness (QED) is 0.532. The van der Waals surface area contributed by atoms with Crippen LogP contribution in [-0.2, 0) is 24.3 Å². The summed E-state index contributed by atoms with van der Waals surface area (Å²) < 4.78 is 33.0. The molecular formula is C22H35N5O5S. The number of likely N-dealkylation sites (tertiary alicyclic amines) is 1. The van der Waals surface area contributed by atoms with Gasteiger partial charge in [-0.3, -0.25) is 14.5 Å². The number of rotatable bonds is 9. The van der Waals surface area contributed by atoms with Gasteiger partial charge in [-0.25, -0.2) is 8.42 Å². The second-order valence-corrected chi connectivity index (χ2v) is 10.3. The highest BCUT2D eigenvalue weighted by molar-refractivity contribution is 7.89. The molecule has 0 aliphatic carbocycles. The SMILES string of the molecule is CCN(CC)c1ccc(S(=O)(=O)N2CCOCC2)cc1NC(=O)CN1CCC(C(N)=O)CC1. The van der Waals surface area contributed by atoms with Crippen LogP contribution in [0.2, 0.25) is 0 Å². The summed E-state index contributed by atoms with van der Waals surface area (Å²) in [6.45, 7) is 8.22. The van der Waals surface area contributed by atoms with Crippen molar-refractivity contribution in [1.29, 1.82) is 0 Å². The van der Waals surface area contributed by atoms with Gasteiger partial charge in [0.2, 0.25) is 21.8 Å². The highest BCUT2D eigenvalue weighted by atomic mass is 32.2. The van der Waals surface area contributed by atoms with Crippen LogP contribution in [0.5, 0.6) is 0 Å². The summed E-state index contributed by atoms with van der Waals surface area (Å²) in [6.07, 6.45) is 1.28. The van der Waals surface area contributed by atoms with Gasteiger partial charge in [0, 0.05) is 32.1 Å². The number of benzene rings is 1. The molecule has 1 aromatic rings. The summed E-state index contributed by atoms with van der Waals surface area (Å²) in [5.74, 6) is -0.649. The third-order valence-corrected chi connectivity index (χ3v) is 8.21. The van der Waals surface area contributed by atoms with Gasteiger partial charge in [-0.15, -0.1) is 0 Å². The molecule has 0 radical (unpaired) electrons. The van der Waals surface area contributed by atoms with E-state index < -0.39 is 10.0 Å². The van der Waals surface area contributed by atoms with Crippen LogP contribution in [0.15, 0.2) is 23.1 Å². The number of carbonyl (C=O) groups excluding carboxylic acids is 2. The maximum atomic E-state index is 13.1. The summed E-state index contributed by atoms with van der Waals surface area (Å²) >= 11 is 0. The van der Waals surface area contributed by atoms with Crippen LogP contribution in [0.1, 0.15) is 26.7 Å². The van der Waals surface area contributed by atoms with E-state index in [0.717, 1.165) is 18.8 Å². The summed E-state index contributed by atoms with van der Waals surface area (Å²) in [7, 11) is -3.69. The lowest BCUT2D eigenvalue weighted by Crippen LogP contribution is -2.42. The van der Waals surface area contributed by atoms with Gasteiger partial charge in [0.1, 0.15) is 0 Å². The van der Waals surface area contributed by atoms with E-state index in [2.05, 4.69) is 10.2 Å². The first-order chi connectivity index (χ1) is 15.8. The zero-order chi connectivity index (χ0) is 24.0. The van der Waals surface area contributed by atoms with Crippen LogP contribution in [0, 0.1) is 5.92 Å². The van der Waals surface area contributed by atoms with Crippen molar-refractivity contribution in [3.63, 3.8) is 0 Å². The van der Waals surface area contributed by atoms with Gasteiger partial charge in [-0.05, 0) is 58.0 Å². The Labute approximate surface area is 196 Å². The number of carbonyl (C=O) groups is 2. The highest BCUT2D eigenvalue weighted by Crippen LogP contribution is 2.30. The number of nitrogens with one attached hydrogen (secondary N) is 1. The van der Waals surface area contributed by atoms with E-state index in [1.807, 2.05) is 18.7 Å². The Morgan fingerprint density at radius 3 is 2.33 bits per heavy atom. The largest absolute Gasteiger partial charge is 0.379 e. The molecule has 0 aromatic heterocycles. The van der Waals surface area contributed by atoms with Crippen molar-refractivity contribution in [3.05, 3.63) is 18.2 Å². The van der Waals surface area contributed by atoms with Crippen molar-refractivity contribution in [1.82, 2.24) is 9.21 Å². The first-order valence-corrected chi connectivity index (χ1v) is 13.0. The van der Waals surface area contributed by atoms with Gasteiger partial charge in [-0.1, -0.05) is 0 Å². The molecule has 2 fully saturated rings. The van der Waals surface area contributed by atoms with Gasteiger partial charge in [0.05, 0.1) is 36.0 Å². The lowest BCUT2D eigenvalue weighted by molar-refractivity contribution is -0.123. The lowest BCUT2D eigenvalue weighted by Gasteiger charge is -2.30. The molecule has 1 aromatic carbocycles. The number of hydrogen-bond donors (Lipinski definition) is 2. The van der Waals surface area contributed by atoms with Gasteiger partial charge in [-0.2, -0.15) is 4.31 Å². The van der Waals surface area contributed by atoms with E-state index >= 15 is 0 Å². The standard InChI is InChI=1S/C22H35N5O5S/c1-3-26(4-2)20-6-5-18(33(30,31)27-11-13-32-14-12-27)15-19(20)24-21(28)16-25-9-7-17(8-10-25)22(23)29/h5-6,15,17H,3-4,7-14,16H2,1-2H3,(H2,23,29)(H,24,28). The second-order valence-electron chi connectivity index (χ2n) is 8.37. The topological polar surface area (TPSA) is 125 Å². The van der Waals surface area contributed by atoms with E-state index in [9.17, 15) is 18.0 Å². The zero-order valence-electron chi connectivity index (χ0n) is 19.5. The van der Waals surface area contributed by atoms with E-state index in [1.165, 1.54) is 4.31 Å². The molecule has 3 rings (SSSR count). The molecule has 0 unspecified atom stereocenters. The Morgan fingerprint density at radius 1 is 1.12 bits per heavy atom. The predicted octanol–water partition coefficient (Wildman–Crippen LogP) is 0.690. The molecule has 2 amide bonds. The summed E-state index contributed by atoms with van der Waals surface area (Å²) in [5.41, 5.74) is 6.65. The average molecular weight is 482 g/mol. The van der Waals surface area contributed by atoms with E-state index in [1.54, 1.807) is 18.2 Å². The summed E-state index contributed by atoms with van der Waals surface area (Å²) in [5, 5.41) is 2.93. The Kier molecular flexibility index (Phi) is 8.69. The number of sulfonamides is 1. The first-order valence-electron chi connectivity index (χ1n) is 11.5. The summed E-state index contributed by atoms with van der Waals surface area (Å²) in [4.78, 5) is 28.4. The van der Waals surface area contributed by atoms with Crippen LogP contribution in [-0.4, -0.2) is 88.5 Å². The number of hydrogen-bond acceptors (Lipinski definition) is 7. The molecule has 2 saturated heterocycles. The smallest absolute Gasteiger partial charge is 0.243 e. The third kappa shape index (κ3) is 6.23. The van der Waals surface area contributed by atoms with Crippen LogP contribution < -0.4 is 16.0 Å². The number of morpholine rings is 1. The number of nitrogens with two attached hydrogens (primary N) is 1. The van der Waals surface area contributed by atoms with Crippen molar-refractivity contribution in [2.75, 3.05) is 69.2 Å².